The maximum Gasteiger partial charge on any atom is 0.253 e. The quantitative estimate of drug-likeness (QED) is 0.817. The molecule has 1 aliphatic heterocycles. The Labute approximate surface area is 142 Å². The van der Waals surface area contributed by atoms with Gasteiger partial charge in [0.2, 0.25) is 0 Å². The predicted octanol–water partition coefficient (Wildman–Crippen LogP) is 2.55. The van der Waals surface area contributed by atoms with E-state index in [0.717, 1.165) is 36.2 Å². The van der Waals surface area contributed by atoms with Crippen molar-refractivity contribution in [3.8, 4) is 0 Å². The molecule has 1 heterocycles. The van der Waals surface area contributed by atoms with Gasteiger partial charge in [0.15, 0.2) is 0 Å². The van der Waals surface area contributed by atoms with Crippen molar-refractivity contribution >= 4 is 21.8 Å². The molecule has 0 radical (unpaired) electrons. The van der Waals surface area contributed by atoms with Crippen LogP contribution >= 0.6 is 15.9 Å². The molecular formula is C17H26BrN3O. The lowest BCUT2D eigenvalue weighted by Gasteiger charge is -2.44. The molecule has 1 amide bonds. The highest BCUT2D eigenvalue weighted by Gasteiger charge is 2.31. The highest BCUT2D eigenvalue weighted by molar-refractivity contribution is 9.10. The number of carbonyl (C=O) groups excluding carboxylic acids is 1. The van der Waals surface area contributed by atoms with Crippen molar-refractivity contribution in [1.29, 1.82) is 0 Å². The summed E-state index contributed by atoms with van der Waals surface area (Å²) in [5.74, 6) is 0.137. The molecule has 1 saturated heterocycles. The molecule has 5 heteroatoms. The van der Waals surface area contributed by atoms with Crippen LogP contribution < -0.4 is 0 Å². The lowest BCUT2D eigenvalue weighted by atomic mass is 10.1. The van der Waals surface area contributed by atoms with E-state index in [0.29, 0.717) is 12.1 Å². The van der Waals surface area contributed by atoms with Crippen LogP contribution in [0, 0.1) is 0 Å². The van der Waals surface area contributed by atoms with E-state index in [1.807, 2.05) is 29.2 Å². The fraction of sp³-hybridized carbons (Fsp3) is 0.588. The van der Waals surface area contributed by atoms with Crippen LogP contribution in [0.1, 0.15) is 24.2 Å². The number of benzene rings is 1. The average Bonchev–Trinajstić information content (AvgIpc) is 2.46. The molecule has 2 atom stereocenters. The number of amides is 1. The van der Waals surface area contributed by atoms with Gasteiger partial charge >= 0.3 is 0 Å². The number of carbonyl (C=O) groups is 1. The van der Waals surface area contributed by atoms with Gasteiger partial charge in [-0.05, 0) is 52.2 Å². The summed E-state index contributed by atoms with van der Waals surface area (Å²) in [5.41, 5.74) is 0.768. The Bertz CT molecular complexity index is 491. The monoisotopic (exact) mass is 367 g/mol. The summed E-state index contributed by atoms with van der Waals surface area (Å²) in [7, 11) is 4.20. The second-order valence-corrected chi connectivity index (χ2v) is 7.37. The highest BCUT2D eigenvalue weighted by atomic mass is 79.9. The molecule has 2 unspecified atom stereocenters. The largest absolute Gasteiger partial charge is 0.336 e. The molecule has 0 saturated carbocycles. The summed E-state index contributed by atoms with van der Waals surface area (Å²) in [6.45, 7) is 8.13. The van der Waals surface area contributed by atoms with E-state index >= 15 is 0 Å². The number of piperazine rings is 1. The summed E-state index contributed by atoms with van der Waals surface area (Å²) in [4.78, 5) is 19.4. The standard InChI is InChI=1S/C17H26BrN3O/c1-13-11-20(12-14(2)21(13)10-9-19(3)4)17(22)15-5-7-16(18)8-6-15/h5-8,13-14H,9-12H2,1-4H3. The molecule has 0 spiro atoms. The lowest BCUT2D eigenvalue weighted by molar-refractivity contribution is 0.0283. The van der Waals surface area contributed by atoms with Crippen molar-refractivity contribution in [1.82, 2.24) is 14.7 Å². The number of rotatable bonds is 4. The minimum absolute atomic E-state index is 0.137. The third-order valence-corrected chi connectivity index (χ3v) is 4.81. The van der Waals surface area contributed by atoms with Gasteiger partial charge in [-0.15, -0.1) is 0 Å². The molecule has 4 nitrogen and oxygen atoms in total. The van der Waals surface area contributed by atoms with Crippen molar-refractivity contribution in [3.63, 3.8) is 0 Å². The van der Waals surface area contributed by atoms with Crippen molar-refractivity contribution in [2.45, 2.75) is 25.9 Å². The molecule has 0 aliphatic carbocycles. The molecule has 1 aliphatic rings. The van der Waals surface area contributed by atoms with Crippen molar-refractivity contribution in [2.75, 3.05) is 40.3 Å². The van der Waals surface area contributed by atoms with Crippen LogP contribution in [0.5, 0.6) is 0 Å². The summed E-state index contributed by atoms with van der Waals surface area (Å²) in [6.07, 6.45) is 0. The van der Waals surface area contributed by atoms with Crippen LogP contribution in [0.25, 0.3) is 0 Å². The van der Waals surface area contributed by atoms with Gasteiger partial charge in [-0.25, -0.2) is 0 Å². The van der Waals surface area contributed by atoms with Crippen LogP contribution in [0.4, 0.5) is 0 Å². The van der Waals surface area contributed by atoms with Gasteiger partial charge in [0.25, 0.3) is 5.91 Å². The Morgan fingerprint density at radius 2 is 1.73 bits per heavy atom. The highest BCUT2D eigenvalue weighted by Crippen LogP contribution is 2.19. The number of halogens is 1. The average molecular weight is 368 g/mol. The zero-order valence-electron chi connectivity index (χ0n) is 13.9. The zero-order valence-corrected chi connectivity index (χ0v) is 15.5. The Balaban J connectivity index is 2.01. The van der Waals surface area contributed by atoms with Crippen molar-refractivity contribution < 1.29 is 4.79 Å². The second-order valence-electron chi connectivity index (χ2n) is 6.46. The van der Waals surface area contributed by atoms with E-state index < -0.39 is 0 Å². The maximum absolute atomic E-state index is 12.7. The van der Waals surface area contributed by atoms with Crippen molar-refractivity contribution in [2.24, 2.45) is 0 Å². The summed E-state index contributed by atoms with van der Waals surface area (Å²) in [6, 6.07) is 8.41. The molecule has 1 aromatic carbocycles. The van der Waals surface area contributed by atoms with E-state index in [-0.39, 0.29) is 5.91 Å². The van der Waals surface area contributed by atoms with E-state index in [2.05, 4.69) is 53.7 Å². The number of hydrogen-bond donors (Lipinski definition) is 0. The molecule has 0 aromatic heterocycles. The summed E-state index contributed by atoms with van der Waals surface area (Å²) in [5, 5.41) is 0. The Morgan fingerprint density at radius 3 is 2.23 bits per heavy atom. The van der Waals surface area contributed by atoms with E-state index in [1.54, 1.807) is 0 Å². The van der Waals surface area contributed by atoms with Gasteiger partial charge in [-0.1, -0.05) is 15.9 Å². The summed E-state index contributed by atoms with van der Waals surface area (Å²) < 4.78 is 0.999. The molecule has 0 N–H and O–H groups in total. The first-order valence-corrected chi connectivity index (χ1v) is 8.63. The maximum atomic E-state index is 12.7. The SMILES string of the molecule is CC1CN(C(=O)c2ccc(Br)cc2)CC(C)N1CCN(C)C. The lowest BCUT2D eigenvalue weighted by Crippen LogP contribution is -2.59. The first kappa shape index (κ1) is 17.4. The minimum atomic E-state index is 0.137. The second kappa shape index (κ2) is 7.57. The molecule has 1 aromatic rings. The topological polar surface area (TPSA) is 26.8 Å². The number of hydrogen-bond acceptors (Lipinski definition) is 3. The Morgan fingerprint density at radius 1 is 1.18 bits per heavy atom. The molecule has 22 heavy (non-hydrogen) atoms. The minimum Gasteiger partial charge on any atom is -0.336 e. The molecule has 122 valence electrons. The van der Waals surface area contributed by atoms with Crippen LogP contribution in [0.3, 0.4) is 0 Å². The van der Waals surface area contributed by atoms with Crippen LogP contribution in [0.2, 0.25) is 0 Å². The van der Waals surface area contributed by atoms with Crippen LogP contribution in [0.15, 0.2) is 28.7 Å². The zero-order chi connectivity index (χ0) is 16.3. The molecular weight excluding hydrogens is 342 g/mol. The molecule has 0 bridgehead atoms. The fourth-order valence-corrected chi connectivity index (χ4v) is 3.32. The van der Waals surface area contributed by atoms with Gasteiger partial charge in [-0.2, -0.15) is 0 Å². The third-order valence-electron chi connectivity index (χ3n) is 4.29. The van der Waals surface area contributed by atoms with Gasteiger partial charge < -0.3 is 9.80 Å². The van der Waals surface area contributed by atoms with Gasteiger partial charge in [0, 0.05) is 48.3 Å². The number of likely N-dealkylation sites (N-methyl/N-ethyl adjacent to an activating group) is 1. The van der Waals surface area contributed by atoms with Crippen LogP contribution in [-0.2, 0) is 0 Å². The Hall–Kier alpha value is -0.910. The molecule has 1 fully saturated rings. The summed E-state index contributed by atoms with van der Waals surface area (Å²) >= 11 is 3.41. The molecule has 2 rings (SSSR count). The first-order chi connectivity index (χ1) is 10.4. The number of nitrogens with zero attached hydrogens (tertiary/aromatic N) is 3. The normalized spacial score (nSPS) is 23.1. The van der Waals surface area contributed by atoms with E-state index in [1.165, 1.54) is 0 Å². The fourth-order valence-electron chi connectivity index (χ4n) is 3.05. The van der Waals surface area contributed by atoms with E-state index in [4.69, 9.17) is 0 Å². The smallest absolute Gasteiger partial charge is 0.253 e. The third kappa shape index (κ3) is 4.31. The van der Waals surface area contributed by atoms with Crippen LogP contribution in [-0.4, -0.2) is 73.0 Å². The van der Waals surface area contributed by atoms with E-state index in [9.17, 15) is 4.79 Å². The van der Waals surface area contributed by atoms with Gasteiger partial charge in [0.05, 0.1) is 0 Å². The van der Waals surface area contributed by atoms with Gasteiger partial charge in [0.1, 0.15) is 0 Å². The predicted molar refractivity (Wildman–Crippen MR) is 94.2 cm³/mol. The first-order valence-electron chi connectivity index (χ1n) is 7.84. The Kier molecular flexibility index (Phi) is 6.01. The van der Waals surface area contributed by atoms with Crippen molar-refractivity contribution in [3.05, 3.63) is 34.3 Å². The van der Waals surface area contributed by atoms with Gasteiger partial charge in [-0.3, -0.25) is 9.69 Å².